The Bertz CT molecular complexity index is 627. The van der Waals surface area contributed by atoms with E-state index in [1.165, 1.54) is 12.8 Å². The normalized spacial score (nSPS) is 25.4. The summed E-state index contributed by atoms with van der Waals surface area (Å²) in [6.45, 7) is 1.59. The predicted molar refractivity (Wildman–Crippen MR) is 79.4 cm³/mol. The Hall–Kier alpha value is -0.820. The Balaban J connectivity index is 1.67. The van der Waals surface area contributed by atoms with Gasteiger partial charge in [0.05, 0.1) is 25.3 Å². The maximum atomic E-state index is 6.11. The van der Waals surface area contributed by atoms with Crippen molar-refractivity contribution in [2.45, 2.75) is 24.9 Å². The lowest BCUT2D eigenvalue weighted by molar-refractivity contribution is 0.0906. The van der Waals surface area contributed by atoms with Crippen LogP contribution in [0.3, 0.4) is 0 Å². The molecule has 20 heavy (non-hydrogen) atoms. The van der Waals surface area contributed by atoms with Gasteiger partial charge < -0.3 is 9.64 Å². The van der Waals surface area contributed by atoms with Crippen LogP contribution in [-0.2, 0) is 4.74 Å². The lowest BCUT2D eigenvalue weighted by Gasteiger charge is -2.34. The summed E-state index contributed by atoms with van der Waals surface area (Å²) in [5.41, 5.74) is 0. The summed E-state index contributed by atoms with van der Waals surface area (Å²) >= 11 is 13.6. The number of hydrogen-bond acceptors (Lipinski definition) is 5. The van der Waals surface area contributed by atoms with E-state index in [1.54, 1.807) is 22.2 Å². The first-order valence-electron chi connectivity index (χ1n) is 6.44. The van der Waals surface area contributed by atoms with Gasteiger partial charge in [-0.25, -0.2) is 9.97 Å². The molecule has 4 heterocycles. The second kappa shape index (κ2) is 4.87. The van der Waals surface area contributed by atoms with Gasteiger partial charge in [0.1, 0.15) is 6.33 Å². The number of imidazole rings is 1. The molecule has 2 aliphatic heterocycles. The Morgan fingerprint density at radius 3 is 2.65 bits per heavy atom. The maximum Gasteiger partial charge on any atom is 0.188 e. The molecule has 2 aromatic rings. The lowest BCUT2D eigenvalue weighted by Crippen LogP contribution is -2.45. The van der Waals surface area contributed by atoms with Crippen molar-refractivity contribution in [1.82, 2.24) is 14.5 Å². The van der Waals surface area contributed by atoms with Crippen LogP contribution in [0.2, 0.25) is 10.3 Å². The van der Waals surface area contributed by atoms with Crippen molar-refractivity contribution in [3.8, 4) is 5.82 Å². The molecule has 106 valence electrons. The summed E-state index contributed by atoms with van der Waals surface area (Å²) in [7, 11) is 0. The first-order chi connectivity index (χ1) is 9.74. The van der Waals surface area contributed by atoms with Crippen molar-refractivity contribution in [2.75, 3.05) is 18.1 Å². The van der Waals surface area contributed by atoms with Gasteiger partial charge >= 0.3 is 0 Å². The fourth-order valence-electron chi connectivity index (χ4n) is 2.90. The highest BCUT2D eigenvalue weighted by Gasteiger charge is 2.38. The largest absolute Gasteiger partial charge is 0.377 e. The SMILES string of the molecule is Clc1ncn(-c2csc(N3[C@@H]4CC[C@H]3COC4)n2)c1Cl. The predicted octanol–water partition coefficient (Wildman–Crippen LogP) is 3.00. The standard InChI is InChI=1S/C12H12Cl2N4OS/c13-10-11(14)17(6-15-10)9-5-20-12(16-9)18-7-1-2-8(18)4-19-3-7/h5-8H,1-4H2/t7-,8+. The number of aromatic nitrogens is 3. The van der Waals surface area contributed by atoms with E-state index >= 15 is 0 Å². The summed E-state index contributed by atoms with van der Waals surface area (Å²) in [5, 5.41) is 3.70. The molecule has 0 amide bonds. The third-order valence-electron chi connectivity index (χ3n) is 3.86. The third kappa shape index (κ3) is 1.94. The Morgan fingerprint density at radius 1 is 1.25 bits per heavy atom. The molecule has 2 fully saturated rings. The molecular weight excluding hydrogens is 319 g/mol. The summed E-state index contributed by atoms with van der Waals surface area (Å²) in [6.07, 6.45) is 3.95. The van der Waals surface area contributed by atoms with Crippen molar-refractivity contribution < 1.29 is 4.74 Å². The van der Waals surface area contributed by atoms with Crippen LogP contribution >= 0.6 is 34.5 Å². The molecule has 2 atom stereocenters. The van der Waals surface area contributed by atoms with Crippen molar-refractivity contribution in [3.63, 3.8) is 0 Å². The maximum absolute atomic E-state index is 6.11. The summed E-state index contributed by atoms with van der Waals surface area (Å²) in [5.74, 6) is 0.764. The van der Waals surface area contributed by atoms with E-state index in [2.05, 4.69) is 14.9 Å². The summed E-state index contributed by atoms with van der Waals surface area (Å²) in [4.78, 5) is 11.1. The zero-order valence-corrected chi connectivity index (χ0v) is 12.8. The second-order valence-electron chi connectivity index (χ2n) is 5.01. The minimum absolute atomic E-state index is 0.299. The van der Waals surface area contributed by atoms with Crippen LogP contribution in [0.15, 0.2) is 11.7 Å². The number of anilines is 1. The second-order valence-corrected chi connectivity index (χ2v) is 6.57. The smallest absolute Gasteiger partial charge is 0.188 e. The lowest BCUT2D eigenvalue weighted by atomic mass is 10.2. The fraction of sp³-hybridized carbons (Fsp3) is 0.500. The molecule has 5 nitrogen and oxygen atoms in total. The van der Waals surface area contributed by atoms with E-state index in [4.69, 9.17) is 27.9 Å². The number of fused-ring (bicyclic) bond motifs is 2. The van der Waals surface area contributed by atoms with Crippen LogP contribution in [0.4, 0.5) is 5.13 Å². The first-order valence-corrected chi connectivity index (χ1v) is 8.08. The molecule has 2 bridgehead atoms. The molecule has 8 heteroatoms. The summed E-state index contributed by atoms with van der Waals surface area (Å²) in [6, 6.07) is 0.907. The van der Waals surface area contributed by atoms with Crippen molar-refractivity contribution in [2.24, 2.45) is 0 Å². The van der Waals surface area contributed by atoms with Gasteiger partial charge in [0.15, 0.2) is 21.3 Å². The molecule has 0 unspecified atom stereocenters. The number of rotatable bonds is 2. The molecule has 2 aromatic heterocycles. The van der Waals surface area contributed by atoms with Crippen LogP contribution in [0.5, 0.6) is 0 Å². The van der Waals surface area contributed by atoms with E-state index in [0.717, 1.165) is 24.2 Å². The van der Waals surface area contributed by atoms with Gasteiger partial charge in [-0.15, -0.1) is 11.3 Å². The number of thiazole rings is 1. The molecule has 0 aromatic carbocycles. The Labute approximate surface area is 130 Å². The molecule has 0 radical (unpaired) electrons. The molecule has 0 N–H and O–H groups in total. The van der Waals surface area contributed by atoms with E-state index in [0.29, 0.717) is 22.4 Å². The van der Waals surface area contributed by atoms with E-state index < -0.39 is 0 Å². The third-order valence-corrected chi connectivity index (χ3v) is 5.43. The zero-order valence-electron chi connectivity index (χ0n) is 10.5. The fourth-order valence-corrected chi connectivity index (χ4v) is 4.15. The van der Waals surface area contributed by atoms with Gasteiger partial charge in [-0.1, -0.05) is 23.2 Å². The molecule has 0 saturated carbocycles. The zero-order chi connectivity index (χ0) is 13.7. The van der Waals surface area contributed by atoms with Gasteiger partial charge in [-0.3, -0.25) is 4.57 Å². The highest BCUT2D eigenvalue weighted by molar-refractivity contribution is 7.14. The first kappa shape index (κ1) is 12.9. The highest BCUT2D eigenvalue weighted by Crippen LogP contribution is 2.36. The minimum Gasteiger partial charge on any atom is -0.377 e. The van der Waals surface area contributed by atoms with Gasteiger partial charge in [0.25, 0.3) is 0 Å². The number of halogens is 2. The van der Waals surface area contributed by atoms with Gasteiger partial charge in [-0.05, 0) is 12.8 Å². The van der Waals surface area contributed by atoms with Crippen molar-refractivity contribution in [1.29, 1.82) is 0 Å². The molecule has 0 aliphatic carbocycles. The Kier molecular flexibility index (Phi) is 3.14. The average Bonchev–Trinajstić information content (AvgIpc) is 3.09. The minimum atomic E-state index is 0.299. The highest BCUT2D eigenvalue weighted by atomic mass is 35.5. The molecule has 0 spiro atoms. The number of morpholine rings is 1. The van der Waals surface area contributed by atoms with E-state index in [-0.39, 0.29) is 0 Å². The van der Waals surface area contributed by atoms with Crippen molar-refractivity contribution >= 4 is 39.7 Å². The van der Waals surface area contributed by atoms with E-state index in [1.807, 2.05) is 5.38 Å². The van der Waals surface area contributed by atoms with Crippen LogP contribution in [0.1, 0.15) is 12.8 Å². The molecule has 2 saturated heterocycles. The van der Waals surface area contributed by atoms with Gasteiger partial charge in [0.2, 0.25) is 0 Å². The van der Waals surface area contributed by atoms with Crippen molar-refractivity contribution in [3.05, 3.63) is 22.0 Å². The quantitative estimate of drug-likeness (QED) is 0.848. The van der Waals surface area contributed by atoms with Gasteiger partial charge in [0, 0.05) is 5.38 Å². The molecule has 4 rings (SSSR count). The topological polar surface area (TPSA) is 43.2 Å². The van der Waals surface area contributed by atoms with E-state index in [9.17, 15) is 0 Å². The molecule has 2 aliphatic rings. The number of ether oxygens (including phenoxy) is 1. The number of hydrogen-bond donors (Lipinski definition) is 0. The van der Waals surface area contributed by atoms with Crippen LogP contribution in [0, 0.1) is 0 Å². The average molecular weight is 331 g/mol. The Morgan fingerprint density at radius 2 is 2.00 bits per heavy atom. The molecular formula is C12H12Cl2N4OS. The van der Waals surface area contributed by atoms with Crippen LogP contribution in [0.25, 0.3) is 5.82 Å². The number of nitrogens with zero attached hydrogens (tertiary/aromatic N) is 4. The van der Waals surface area contributed by atoms with Gasteiger partial charge in [-0.2, -0.15) is 0 Å². The summed E-state index contributed by atoms with van der Waals surface area (Å²) < 4.78 is 7.30. The monoisotopic (exact) mass is 330 g/mol. The van der Waals surface area contributed by atoms with Crippen LogP contribution < -0.4 is 4.90 Å². The van der Waals surface area contributed by atoms with Crippen LogP contribution in [-0.4, -0.2) is 39.8 Å².